The van der Waals surface area contributed by atoms with Crippen LogP contribution in [0.25, 0.3) is 0 Å². The summed E-state index contributed by atoms with van der Waals surface area (Å²) in [6.07, 6.45) is 0. The molecular weight excluding hydrogens is 226 g/mol. The van der Waals surface area contributed by atoms with Crippen LogP contribution in [0.15, 0.2) is 12.1 Å². The molecule has 0 radical (unpaired) electrons. The molecule has 1 N–H and O–H groups in total. The van der Waals surface area contributed by atoms with E-state index in [0.717, 1.165) is 12.2 Å². The van der Waals surface area contributed by atoms with Crippen molar-refractivity contribution in [2.75, 3.05) is 34.3 Å². The van der Waals surface area contributed by atoms with Gasteiger partial charge in [-0.1, -0.05) is 11.6 Å². The number of nitrogens with one attached hydrogen (secondary N) is 1. The third kappa shape index (κ3) is 4.35. The van der Waals surface area contributed by atoms with Gasteiger partial charge in [0.25, 0.3) is 0 Å². The molecule has 0 aliphatic heterocycles. The van der Waals surface area contributed by atoms with Crippen molar-refractivity contribution in [1.82, 2.24) is 15.2 Å². The van der Waals surface area contributed by atoms with Crippen LogP contribution in [0.3, 0.4) is 0 Å². The molecule has 1 aromatic heterocycles. The van der Waals surface area contributed by atoms with E-state index in [1.165, 1.54) is 0 Å². The number of ether oxygens (including phenoxy) is 1. The lowest BCUT2D eigenvalue weighted by molar-refractivity contribution is 0.253. The van der Waals surface area contributed by atoms with E-state index in [4.69, 9.17) is 16.3 Å². The molecule has 0 amide bonds. The topological polar surface area (TPSA) is 37.4 Å². The summed E-state index contributed by atoms with van der Waals surface area (Å²) < 4.78 is 5.52. The van der Waals surface area contributed by atoms with Crippen molar-refractivity contribution in [3.05, 3.63) is 22.8 Å². The van der Waals surface area contributed by atoms with E-state index in [1.54, 1.807) is 6.07 Å². The minimum Gasteiger partial charge on any atom is -0.476 e. The number of halogens is 1. The molecule has 0 unspecified atom stereocenters. The largest absolute Gasteiger partial charge is 0.476 e. The van der Waals surface area contributed by atoms with Crippen molar-refractivity contribution in [3.63, 3.8) is 0 Å². The number of hydrogen-bond acceptors (Lipinski definition) is 4. The van der Waals surface area contributed by atoms with Crippen LogP contribution >= 0.6 is 11.6 Å². The molecule has 0 aromatic carbocycles. The first-order valence-corrected chi connectivity index (χ1v) is 5.59. The second kappa shape index (κ2) is 6.68. The maximum Gasteiger partial charge on any atom is 0.213 e. The molecule has 0 fully saturated rings. The third-order valence-electron chi connectivity index (χ3n) is 2.03. The Morgan fingerprint density at radius 3 is 2.81 bits per heavy atom. The smallest absolute Gasteiger partial charge is 0.213 e. The van der Waals surface area contributed by atoms with Gasteiger partial charge in [0.05, 0.1) is 10.7 Å². The molecule has 0 saturated carbocycles. The Kier molecular flexibility index (Phi) is 5.52. The van der Waals surface area contributed by atoms with Crippen molar-refractivity contribution in [2.24, 2.45) is 0 Å². The van der Waals surface area contributed by atoms with Crippen LogP contribution in [0.5, 0.6) is 5.88 Å². The minimum absolute atomic E-state index is 0.622. The van der Waals surface area contributed by atoms with Gasteiger partial charge in [-0.25, -0.2) is 4.98 Å². The van der Waals surface area contributed by atoms with Gasteiger partial charge in [-0.15, -0.1) is 0 Å². The van der Waals surface area contributed by atoms with Gasteiger partial charge in [0.1, 0.15) is 6.61 Å². The molecule has 0 spiro atoms. The van der Waals surface area contributed by atoms with E-state index in [1.807, 2.05) is 27.2 Å². The fourth-order valence-corrected chi connectivity index (χ4v) is 1.34. The fraction of sp³-hybridized carbons (Fsp3) is 0.545. The monoisotopic (exact) mass is 243 g/mol. The number of pyridine rings is 1. The molecule has 4 nitrogen and oxygen atoms in total. The van der Waals surface area contributed by atoms with Crippen molar-refractivity contribution < 1.29 is 4.74 Å². The van der Waals surface area contributed by atoms with E-state index in [9.17, 15) is 0 Å². The summed E-state index contributed by atoms with van der Waals surface area (Å²) >= 11 is 5.99. The summed E-state index contributed by atoms with van der Waals surface area (Å²) in [5, 5.41) is 3.68. The zero-order valence-corrected chi connectivity index (χ0v) is 10.7. The summed E-state index contributed by atoms with van der Waals surface area (Å²) in [5.41, 5.74) is 0.812. The highest BCUT2D eigenvalue weighted by Crippen LogP contribution is 2.17. The van der Waals surface area contributed by atoms with Crippen LogP contribution in [0.1, 0.15) is 5.69 Å². The number of aromatic nitrogens is 1. The zero-order chi connectivity index (χ0) is 12.0. The van der Waals surface area contributed by atoms with Crippen LogP contribution in [-0.4, -0.2) is 44.2 Å². The third-order valence-corrected chi connectivity index (χ3v) is 2.37. The highest BCUT2D eigenvalue weighted by atomic mass is 35.5. The van der Waals surface area contributed by atoms with E-state index in [2.05, 4.69) is 15.2 Å². The maximum absolute atomic E-state index is 5.99. The van der Waals surface area contributed by atoms with Crippen LogP contribution < -0.4 is 10.1 Å². The molecule has 0 aliphatic carbocycles. The fourth-order valence-electron chi connectivity index (χ4n) is 1.17. The molecule has 0 saturated heterocycles. The van der Waals surface area contributed by atoms with E-state index < -0.39 is 0 Å². The van der Waals surface area contributed by atoms with Gasteiger partial charge in [-0.3, -0.25) is 0 Å². The zero-order valence-electron chi connectivity index (χ0n) is 9.96. The van der Waals surface area contributed by atoms with Crippen molar-refractivity contribution in [2.45, 2.75) is 6.54 Å². The highest BCUT2D eigenvalue weighted by molar-refractivity contribution is 6.31. The van der Waals surface area contributed by atoms with Crippen molar-refractivity contribution in [3.8, 4) is 5.88 Å². The molecule has 5 heteroatoms. The molecular formula is C11H18ClN3O. The molecule has 16 heavy (non-hydrogen) atoms. The first kappa shape index (κ1) is 13.2. The Hall–Kier alpha value is -0.840. The van der Waals surface area contributed by atoms with Crippen LogP contribution in [-0.2, 0) is 6.54 Å². The summed E-state index contributed by atoms with van der Waals surface area (Å²) in [6.45, 7) is 2.13. The lowest BCUT2D eigenvalue weighted by atomic mass is 10.3. The Labute approximate surface area is 102 Å². The van der Waals surface area contributed by atoms with E-state index in [0.29, 0.717) is 24.1 Å². The molecule has 1 rings (SSSR count). The standard InChI is InChI=1S/C11H18ClN3O/c1-13-8-10-9(12)4-5-11(14-10)16-7-6-15(2)3/h4-5,13H,6-8H2,1-3H3. The van der Waals surface area contributed by atoms with Crippen molar-refractivity contribution in [1.29, 1.82) is 0 Å². The summed E-state index contributed by atoms with van der Waals surface area (Å²) in [4.78, 5) is 6.38. The van der Waals surface area contributed by atoms with Gasteiger partial charge in [-0.05, 0) is 27.2 Å². The Balaban J connectivity index is 2.56. The van der Waals surface area contributed by atoms with Gasteiger partial charge >= 0.3 is 0 Å². The Morgan fingerprint density at radius 2 is 2.19 bits per heavy atom. The quantitative estimate of drug-likeness (QED) is 0.820. The normalized spacial score (nSPS) is 10.8. The second-order valence-corrected chi connectivity index (χ2v) is 4.17. The summed E-state index contributed by atoms with van der Waals surface area (Å²) in [5.74, 6) is 0.622. The van der Waals surface area contributed by atoms with Gasteiger partial charge in [0.2, 0.25) is 5.88 Å². The predicted molar refractivity (Wildman–Crippen MR) is 66.1 cm³/mol. The Bertz CT molecular complexity index is 331. The maximum atomic E-state index is 5.99. The summed E-state index contributed by atoms with van der Waals surface area (Å²) in [6, 6.07) is 3.60. The van der Waals surface area contributed by atoms with Gasteiger partial charge in [0, 0.05) is 19.2 Å². The highest BCUT2D eigenvalue weighted by Gasteiger charge is 2.03. The average Bonchev–Trinajstić information content (AvgIpc) is 2.22. The van der Waals surface area contributed by atoms with E-state index in [-0.39, 0.29) is 0 Å². The van der Waals surface area contributed by atoms with Gasteiger partial charge < -0.3 is 15.0 Å². The van der Waals surface area contributed by atoms with Crippen molar-refractivity contribution >= 4 is 11.6 Å². The van der Waals surface area contributed by atoms with E-state index >= 15 is 0 Å². The lowest BCUT2D eigenvalue weighted by Crippen LogP contribution is -2.20. The Morgan fingerprint density at radius 1 is 1.44 bits per heavy atom. The lowest BCUT2D eigenvalue weighted by Gasteiger charge is -2.11. The molecule has 0 bridgehead atoms. The predicted octanol–water partition coefficient (Wildman–Crippen LogP) is 1.39. The SMILES string of the molecule is CNCc1nc(OCCN(C)C)ccc1Cl. The first-order valence-electron chi connectivity index (χ1n) is 5.21. The molecule has 0 atom stereocenters. The minimum atomic E-state index is 0.622. The number of nitrogens with zero attached hydrogens (tertiary/aromatic N) is 2. The molecule has 0 aliphatic rings. The van der Waals surface area contributed by atoms with Crippen LogP contribution in [0.2, 0.25) is 5.02 Å². The first-order chi connectivity index (χ1) is 7.63. The molecule has 1 aromatic rings. The molecule has 90 valence electrons. The average molecular weight is 244 g/mol. The van der Waals surface area contributed by atoms with Gasteiger partial charge in [-0.2, -0.15) is 0 Å². The van der Waals surface area contributed by atoms with Crippen LogP contribution in [0, 0.1) is 0 Å². The summed E-state index contributed by atoms with van der Waals surface area (Å²) in [7, 11) is 5.87. The number of likely N-dealkylation sites (N-methyl/N-ethyl adjacent to an activating group) is 1. The van der Waals surface area contributed by atoms with Gasteiger partial charge in [0.15, 0.2) is 0 Å². The molecule has 1 heterocycles. The second-order valence-electron chi connectivity index (χ2n) is 3.76. The number of hydrogen-bond donors (Lipinski definition) is 1. The van der Waals surface area contributed by atoms with Crippen LogP contribution in [0.4, 0.5) is 0 Å². The number of rotatable bonds is 6.